The van der Waals surface area contributed by atoms with Crippen LogP contribution in [0.2, 0.25) is 58.9 Å². The Morgan fingerprint density at radius 1 is 0.441 bits per heavy atom. The van der Waals surface area contributed by atoms with Crippen molar-refractivity contribution in [3.63, 3.8) is 0 Å². The van der Waals surface area contributed by atoms with E-state index >= 15 is 0 Å². The Balaban J connectivity index is -0.000000141. The Kier molecular flexibility index (Phi) is 36.5. The van der Waals surface area contributed by atoms with Gasteiger partial charge in [0.2, 0.25) is 0 Å². The monoisotopic (exact) mass is 600 g/mol. The first kappa shape index (κ1) is 46.5. The molecule has 0 N–H and O–H groups in total. The van der Waals surface area contributed by atoms with Crippen molar-refractivity contribution in [1.82, 2.24) is 0 Å². The molecular formula is C15H32F12O3Si4. The lowest BCUT2D eigenvalue weighted by Crippen LogP contribution is -2.62. The molecule has 0 bridgehead atoms. The summed E-state index contributed by atoms with van der Waals surface area (Å²) in [5, 5.41) is 1.19. The molecule has 210 valence electrons. The minimum absolute atomic E-state index is 1.19. The molecule has 1 atom stereocenters. The third kappa shape index (κ3) is 29.2. The van der Waals surface area contributed by atoms with Gasteiger partial charge in [-0.2, -0.15) is 0 Å². The molecule has 1 aromatic rings. The van der Waals surface area contributed by atoms with Gasteiger partial charge in [0.25, 0.3) is 0 Å². The van der Waals surface area contributed by atoms with E-state index in [1.165, 1.54) is 5.19 Å². The molecule has 1 unspecified atom stereocenters. The third-order valence-electron chi connectivity index (χ3n) is 2.79. The number of hydrogen-bond acceptors (Lipinski definition) is 3. The highest BCUT2D eigenvalue weighted by molar-refractivity contribution is 6.94. The van der Waals surface area contributed by atoms with E-state index in [1.54, 1.807) is 0 Å². The Bertz CT molecular complexity index is 512. The molecule has 1 aromatic carbocycles. The van der Waals surface area contributed by atoms with Crippen LogP contribution in [0.3, 0.4) is 0 Å². The van der Waals surface area contributed by atoms with Crippen LogP contribution in [-0.4, -0.2) is 33.8 Å². The zero-order chi connectivity index (χ0) is 29.2. The standard InChI is InChI=1S/C15H32O3Si4.6F2/c1-19(2,3)16-21(7,8)18-22(9,17-20(4,5)6)15-13-11-10-12-14-15;6*1-2/h10-14H,1-9H3;;;;;;. The molecule has 0 aromatic heterocycles. The summed E-state index contributed by atoms with van der Waals surface area (Å²) in [4.78, 5) is 0. The quantitative estimate of drug-likeness (QED) is 0.231. The lowest BCUT2D eigenvalue weighted by molar-refractivity contribution is 0.108. The van der Waals surface area contributed by atoms with Gasteiger partial charge < -0.3 is 12.3 Å². The SMILES string of the molecule is C[Si](C)(C)O[Si](C)(C)O[Si](C)(O[Si](C)(C)C)c1ccccc1.FF.FF.FF.FF.FF.FF. The van der Waals surface area contributed by atoms with Crippen molar-refractivity contribution >= 4 is 38.9 Å². The lowest BCUT2D eigenvalue weighted by atomic mass is 10.4. The van der Waals surface area contributed by atoms with Crippen LogP contribution in [0.25, 0.3) is 0 Å². The maximum absolute atomic E-state index is 8.00. The molecule has 0 radical (unpaired) electrons. The van der Waals surface area contributed by atoms with Gasteiger partial charge in [-0.25, -0.2) is 0 Å². The summed E-state index contributed by atoms with van der Waals surface area (Å²) in [6.07, 6.45) is 0. The Labute approximate surface area is 196 Å². The first-order chi connectivity index (χ1) is 15.7. The molecule has 0 heterocycles. The minimum Gasteiger partial charge on any atom is -0.437 e. The molecule has 0 fully saturated rings. The topological polar surface area (TPSA) is 27.7 Å². The molecule has 0 amide bonds. The number of halogens is 12. The van der Waals surface area contributed by atoms with Crippen molar-refractivity contribution in [2.24, 2.45) is 0 Å². The van der Waals surface area contributed by atoms with Gasteiger partial charge in [-0.05, 0) is 64.1 Å². The Morgan fingerprint density at radius 2 is 0.735 bits per heavy atom. The average Bonchev–Trinajstić information content (AvgIpc) is 2.79. The molecule has 0 saturated carbocycles. The molecular weight excluding hydrogens is 568 g/mol. The molecule has 0 aliphatic carbocycles. The maximum atomic E-state index is 8.00. The predicted octanol–water partition coefficient (Wildman–Crippen LogP) is 9.43. The van der Waals surface area contributed by atoms with Crippen molar-refractivity contribution in [3.05, 3.63) is 30.3 Å². The van der Waals surface area contributed by atoms with Crippen molar-refractivity contribution in [1.29, 1.82) is 0 Å². The fourth-order valence-corrected chi connectivity index (χ4v) is 19.8. The van der Waals surface area contributed by atoms with E-state index in [-0.39, 0.29) is 0 Å². The van der Waals surface area contributed by atoms with Gasteiger partial charge in [0.15, 0.2) is 16.6 Å². The van der Waals surface area contributed by atoms with E-state index in [9.17, 15) is 0 Å². The van der Waals surface area contributed by atoms with Crippen LogP contribution in [0, 0.1) is 0 Å². The average molecular weight is 601 g/mol. The molecule has 0 aliphatic rings. The van der Waals surface area contributed by atoms with E-state index < -0.39 is 33.8 Å². The first-order valence-corrected chi connectivity index (χ1v) is 20.7. The summed E-state index contributed by atoms with van der Waals surface area (Å²) in [5.41, 5.74) is 0. The second-order valence-electron chi connectivity index (χ2n) is 8.24. The second kappa shape index (κ2) is 26.7. The van der Waals surface area contributed by atoms with Crippen LogP contribution in [0.4, 0.5) is 54.9 Å². The minimum atomic E-state index is -2.48. The van der Waals surface area contributed by atoms with Crippen LogP contribution in [0.15, 0.2) is 30.3 Å². The fraction of sp³-hybridized carbons (Fsp3) is 0.600. The zero-order valence-electron chi connectivity index (χ0n) is 20.1. The van der Waals surface area contributed by atoms with Crippen molar-refractivity contribution in [2.75, 3.05) is 0 Å². The third-order valence-corrected chi connectivity index (χ3v) is 16.1. The summed E-state index contributed by atoms with van der Waals surface area (Å²) in [6.45, 7) is 19.8. The normalized spacial score (nSPS) is 11.7. The largest absolute Gasteiger partial charge is 0.437 e. The van der Waals surface area contributed by atoms with Crippen LogP contribution in [0.1, 0.15) is 0 Å². The van der Waals surface area contributed by atoms with Crippen LogP contribution < -0.4 is 5.19 Å². The fourth-order valence-electron chi connectivity index (χ4n) is 2.69. The number of rotatable bonds is 7. The van der Waals surface area contributed by atoms with Gasteiger partial charge in [0.05, 0.1) is 0 Å². The highest BCUT2D eigenvalue weighted by Crippen LogP contribution is 2.24. The van der Waals surface area contributed by atoms with E-state index in [4.69, 9.17) is 67.2 Å². The molecule has 0 aliphatic heterocycles. The maximum Gasteiger partial charge on any atom is 0.350 e. The van der Waals surface area contributed by atoms with E-state index in [0.29, 0.717) is 0 Å². The molecule has 3 nitrogen and oxygen atoms in total. The number of benzene rings is 1. The van der Waals surface area contributed by atoms with Gasteiger partial charge >= 0.3 is 17.1 Å². The molecule has 0 spiro atoms. The Morgan fingerprint density at radius 3 is 1.00 bits per heavy atom. The Hall–Kier alpha value is -0.872. The van der Waals surface area contributed by atoms with Gasteiger partial charge in [-0.1, -0.05) is 30.3 Å². The predicted molar refractivity (Wildman–Crippen MR) is 118 cm³/mol. The van der Waals surface area contributed by atoms with Crippen molar-refractivity contribution in [3.8, 4) is 0 Å². The van der Waals surface area contributed by atoms with Gasteiger partial charge in [-0.15, -0.1) is 0 Å². The summed E-state index contributed by atoms with van der Waals surface area (Å²) >= 11 is 0. The summed E-state index contributed by atoms with van der Waals surface area (Å²) in [5.74, 6) is 0. The van der Waals surface area contributed by atoms with Crippen LogP contribution in [-0.2, 0) is 12.3 Å². The second-order valence-corrected chi connectivity index (χ2v) is 24.4. The van der Waals surface area contributed by atoms with E-state index in [2.05, 4.69) is 83.2 Å². The summed E-state index contributed by atoms with van der Waals surface area (Å²) < 4.78 is 116. The highest BCUT2D eigenvalue weighted by atomic mass is 28.5. The van der Waals surface area contributed by atoms with Crippen molar-refractivity contribution in [2.45, 2.75) is 58.9 Å². The molecule has 34 heavy (non-hydrogen) atoms. The van der Waals surface area contributed by atoms with Gasteiger partial charge in [0.1, 0.15) is 0 Å². The van der Waals surface area contributed by atoms with Crippen LogP contribution >= 0.6 is 0 Å². The summed E-state index contributed by atoms with van der Waals surface area (Å²) in [7, 11) is -8.07. The van der Waals surface area contributed by atoms with E-state index in [0.717, 1.165) is 0 Å². The van der Waals surface area contributed by atoms with Crippen molar-refractivity contribution < 1.29 is 67.2 Å². The smallest absolute Gasteiger partial charge is 0.350 e. The zero-order valence-corrected chi connectivity index (χ0v) is 24.1. The molecule has 19 heteroatoms. The van der Waals surface area contributed by atoms with Gasteiger partial charge in [0, 0.05) is 54.9 Å². The summed E-state index contributed by atoms with van der Waals surface area (Å²) in [6, 6.07) is 10.4. The molecule has 0 saturated heterocycles. The van der Waals surface area contributed by atoms with Gasteiger partial charge in [-0.3, -0.25) is 0 Å². The lowest BCUT2D eigenvalue weighted by Gasteiger charge is -2.41. The highest BCUT2D eigenvalue weighted by Gasteiger charge is 2.45. The molecule has 1 rings (SSSR count). The van der Waals surface area contributed by atoms with E-state index in [1.807, 2.05) is 6.07 Å². The number of hydrogen-bond donors (Lipinski definition) is 0. The van der Waals surface area contributed by atoms with Crippen LogP contribution in [0.5, 0.6) is 0 Å². The first-order valence-electron chi connectivity index (χ1n) is 8.74.